The second kappa shape index (κ2) is 7.34. The van der Waals surface area contributed by atoms with E-state index < -0.39 is 0 Å². The molecule has 0 atom stereocenters. The Kier molecular flexibility index (Phi) is 5.73. The van der Waals surface area contributed by atoms with E-state index in [1.54, 1.807) is 0 Å². The highest BCUT2D eigenvalue weighted by atomic mass is 15.2. The third kappa shape index (κ3) is 4.02. The van der Waals surface area contributed by atoms with Crippen molar-refractivity contribution in [2.24, 2.45) is 5.73 Å². The van der Waals surface area contributed by atoms with Crippen LogP contribution in [-0.2, 0) is 6.54 Å². The van der Waals surface area contributed by atoms with E-state index in [4.69, 9.17) is 5.73 Å². The van der Waals surface area contributed by atoms with Crippen molar-refractivity contribution in [2.75, 3.05) is 33.2 Å². The molecule has 2 N–H and O–H groups in total. The lowest BCUT2D eigenvalue weighted by Crippen LogP contribution is -2.57. The van der Waals surface area contributed by atoms with Crippen LogP contribution < -0.4 is 5.73 Å². The first kappa shape index (κ1) is 16.4. The average molecular weight is 290 g/mol. The number of likely N-dealkylation sites (N-methyl/N-ethyl adjacent to an activating group) is 1. The average Bonchev–Trinajstić information content (AvgIpc) is 2.48. The number of aryl methyl sites for hydroxylation is 1. The molecular formula is C17H30N4. The molecule has 1 aliphatic heterocycles. The summed E-state index contributed by atoms with van der Waals surface area (Å²) >= 11 is 0. The van der Waals surface area contributed by atoms with Crippen molar-refractivity contribution in [3.8, 4) is 0 Å². The van der Waals surface area contributed by atoms with Gasteiger partial charge in [0.05, 0.1) is 5.69 Å². The normalized spacial score (nSPS) is 19.1. The molecule has 0 aliphatic carbocycles. The highest BCUT2D eigenvalue weighted by Crippen LogP contribution is 2.28. The SMILES string of the molecule is CCCN1CCC(CN)(N(C)Cc2cccc(C)n2)CC1. The molecule has 0 radical (unpaired) electrons. The molecular weight excluding hydrogens is 260 g/mol. The summed E-state index contributed by atoms with van der Waals surface area (Å²) < 4.78 is 0. The quantitative estimate of drug-likeness (QED) is 0.871. The Bertz CT molecular complexity index is 438. The van der Waals surface area contributed by atoms with Gasteiger partial charge in [0.2, 0.25) is 0 Å². The zero-order valence-electron chi connectivity index (χ0n) is 13.8. The molecule has 1 aliphatic rings. The maximum absolute atomic E-state index is 6.16. The molecule has 21 heavy (non-hydrogen) atoms. The smallest absolute Gasteiger partial charge is 0.0547 e. The molecule has 0 saturated carbocycles. The van der Waals surface area contributed by atoms with Crippen molar-refractivity contribution >= 4 is 0 Å². The van der Waals surface area contributed by atoms with Crippen molar-refractivity contribution in [1.29, 1.82) is 0 Å². The van der Waals surface area contributed by atoms with Crippen LogP contribution in [0.1, 0.15) is 37.6 Å². The Morgan fingerprint density at radius 2 is 2.05 bits per heavy atom. The highest BCUT2D eigenvalue weighted by molar-refractivity contribution is 5.10. The van der Waals surface area contributed by atoms with E-state index in [0.29, 0.717) is 0 Å². The van der Waals surface area contributed by atoms with E-state index in [-0.39, 0.29) is 5.54 Å². The summed E-state index contributed by atoms with van der Waals surface area (Å²) in [6, 6.07) is 6.25. The Balaban J connectivity index is 2.00. The Morgan fingerprint density at radius 3 is 2.62 bits per heavy atom. The van der Waals surface area contributed by atoms with Gasteiger partial charge in [-0.05, 0) is 65.0 Å². The molecule has 1 fully saturated rings. The second-order valence-electron chi connectivity index (χ2n) is 6.40. The summed E-state index contributed by atoms with van der Waals surface area (Å²) in [7, 11) is 2.20. The van der Waals surface area contributed by atoms with Crippen LogP contribution in [0.5, 0.6) is 0 Å². The molecule has 0 bridgehead atoms. The topological polar surface area (TPSA) is 45.4 Å². The lowest BCUT2D eigenvalue weighted by Gasteiger charge is -2.47. The zero-order chi connectivity index (χ0) is 15.3. The van der Waals surface area contributed by atoms with Gasteiger partial charge in [0.15, 0.2) is 0 Å². The lowest BCUT2D eigenvalue weighted by molar-refractivity contribution is 0.0393. The van der Waals surface area contributed by atoms with Crippen LogP contribution in [0.3, 0.4) is 0 Å². The van der Waals surface area contributed by atoms with Crippen molar-refractivity contribution in [2.45, 2.75) is 45.2 Å². The monoisotopic (exact) mass is 290 g/mol. The third-order valence-electron chi connectivity index (χ3n) is 4.86. The van der Waals surface area contributed by atoms with Gasteiger partial charge in [0.1, 0.15) is 0 Å². The van der Waals surface area contributed by atoms with Gasteiger partial charge in [-0.15, -0.1) is 0 Å². The number of hydrogen-bond donors (Lipinski definition) is 1. The lowest BCUT2D eigenvalue weighted by atomic mass is 9.85. The van der Waals surface area contributed by atoms with Gasteiger partial charge in [-0.25, -0.2) is 0 Å². The molecule has 0 spiro atoms. The number of hydrogen-bond acceptors (Lipinski definition) is 4. The van der Waals surface area contributed by atoms with E-state index in [2.05, 4.69) is 40.9 Å². The summed E-state index contributed by atoms with van der Waals surface area (Å²) in [5, 5.41) is 0. The molecule has 1 aromatic heterocycles. The van der Waals surface area contributed by atoms with Crippen LogP contribution in [0, 0.1) is 6.92 Å². The molecule has 0 aromatic carbocycles. The van der Waals surface area contributed by atoms with E-state index in [9.17, 15) is 0 Å². The number of nitrogens with two attached hydrogens (primary N) is 1. The predicted molar refractivity (Wildman–Crippen MR) is 88.2 cm³/mol. The van der Waals surface area contributed by atoms with Gasteiger partial charge in [-0.2, -0.15) is 0 Å². The number of aromatic nitrogens is 1. The Labute approximate surface area is 129 Å². The molecule has 0 unspecified atom stereocenters. The summed E-state index contributed by atoms with van der Waals surface area (Å²) in [6.07, 6.45) is 3.55. The van der Waals surface area contributed by atoms with Crippen molar-refractivity contribution < 1.29 is 0 Å². The van der Waals surface area contributed by atoms with E-state index >= 15 is 0 Å². The first-order chi connectivity index (χ1) is 10.1. The molecule has 2 heterocycles. The maximum atomic E-state index is 6.16. The summed E-state index contributed by atoms with van der Waals surface area (Å²) in [4.78, 5) is 9.62. The van der Waals surface area contributed by atoms with Crippen LogP contribution in [0.25, 0.3) is 0 Å². The predicted octanol–water partition coefficient (Wildman–Crippen LogP) is 2.03. The fraction of sp³-hybridized carbons (Fsp3) is 0.706. The first-order valence-corrected chi connectivity index (χ1v) is 8.16. The van der Waals surface area contributed by atoms with Gasteiger partial charge in [-0.1, -0.05) is 13.0 Å². The molecule has 2 rings (SSSR count). The van der Waals surface area contributed by atoms with Gasteiger partial charge < -0.3 is 10.6 Å². The van der Waals surface area contributed by atoms with Crippen molar-refractivity contribution in [3.05, 3.63) is 29.6 Å². The number of rotatable bonds is 6. The van der Waals surface area contributed by atoms with E-state index in [1.165, 1.54) is 13.0 Å². The largest absolute Gasteiger partial charge is 0.329 e. The van der Waals surface area contributed by atoms with E-state index in [1.807, 2.05) is 13.0 Å². The molecule has 1 saturated heterocycles. The third-order valence-corrected chi connectivity index (χ3v) is 4.86. The number of piperidine rings is 1. The van der Waals surface area contributed by atoms with Crippen LogP contribution in [0.4, 0.5) is 0 Å². The second-order valence-corrected chi connectivity index (χ2v) is 6.40. The number of nitrogens with zero attached hydrogens (tertiary/aromatic N) is 3. The van der Waals surface area contributed by atoms with Crippen LogP contribution in [0.2, 0.25) is 0 Å². The Hall–Kier alpha value is -0.970. The molecule has 118 valence electrons. The van der Waals surface area contributed by atoms with Gasteiger partial charge >= 0.3 is 0 Å². The Morgan fingerprint density at radius 1 is 1.33 bits per heavy atom. The molecule has 1 aromatic rings. The minimum atomic E-state index is 0.135. The number of likely N-dealkylation sites (tertiary alicyclic amines) is 1. The standard InChI is InChI=1S/C17H30N4/c1-4-10-21-11-8-17(14-18,9-12-21)20(3)13-16-7-5-6-15(2)19-16/h5-7H,4,8-14,18H2,1-3H3. The fourth-order valence-electron chi connectivity index (χ4n) is 3.35. The summed E-state index contributed by atoms with van der Waals surface area (Å²) in [5.74, 6) is 0. The first-order valence-electron chi connectivity index (χ1n) is 8.16. The van der Waals surface area contributed by atoms with E-state index in [0.717, 1.165) is 50.4 Å². The van der Waals surface area contributed by atoms with Crippen LogP contribution >= 0.6 is 0 Å². The summed E-state index contributed by atoms with van der Waals surface area (Å²) in [5.41, 5.74) is 8.52. The summed E-state index contributed by atoms with van der Waals surface area (Å²) in [6.45, 7) is 9.45. The number of pyridine rings is 1. The molecule has 4 heteroatoms. The fourth-order valence-corrected chi connectivity index (χ4v) is 3.35. The molecule has 0 amide bonds. The zero-order valence-corrected chi connectivity index (χ0v) is 13.8. The van der Waals surface area contributed by atoms with Crippen LogP contribution in [-0.4, -0.2) is 53.5 Å². The maximum Gasteiger partial charge on any atom is 0.0547 e. The minimum absolute atomic E-state index is 0.135. The van der Waals surface area contributed by atoms with Gasteiger partial charge in [0.25, 0.3) is 0 Å². The van der Waals surface area contributed by atoms with Gasteiger partial charge in [0, 0.05) is 24.3 Å². The van der Waals surface area contributed by atoms with Crippen LogP contribution in [0.15, 0.2) is 18.2 Å². The highest BCUT2D eigenvalue weighted by Gasteiger charge is 2.36. The van der Waals surface area contributed by atoms with Crippen molar-refractivity contribution in [1.82, 2.24) is 14.8 Å². The molecule has 4 nitrogen and oxygen atoms in total. The van der Waals surface area contributed by atoms with Crippen molar-refractivity contribution in [3.63, 3.8) is 0 Å². The van der Waals surface area contributed by atoms with Gasteiger partial charge in [-0.3, -0.25) is 9.88 Å². The minimum Gasteiger partial charge on any atom is -0.329 e.